The number of benzene rings is 1. The van der Waals surface area contributed by atoms with Crippen LogP contribution >= 0.6 is 15.9 Å². The molecule has 0 fully saturated rings. The highest BCUT2D eigenvalue weighted by molar-refractivity contribution is 9.10. The van der Waals surface area contributed by atoms with Crippen LogP contribution in [0.2, 0.25) is 0 Å². The molecule has 0 radical (unpaired) electrons. The van der Waals surface area contributed by atoms with Gasteiger partial charge in [-0.15, -0.1) is 0 Å². The maximum Gasteiger partial charge on any atom is 0.261 e. The smallest absolute Gasteiger partial charge is 0.261 e. The molecule has 0 saturated heterocycles. The maximum atomic E-state index is 12.3. The summed E-state index contributed by atoms with van der Waals surface area (Å²) in [6.07, 6.45) is 1.53. The number of aryl methyl sites for hydroxylation is 1. The van der Waals surface area contributed by atoms with Crippen LogP contribution in [0.4, 0.5) is 0 Å². The first-order valence-electron chi connectivity index (χ1n) is 5.70. The van der Waals surface area contributed by atoms with Gasteiger partial charge in [-0.1, -0.05) is 21.1 Å². The highest BCUT2D eigenvalue weighted by Crippen LogP contribution is 2.15. The van der Waals surface area contributed by atoms with Crippen molar-refractivity contribution in [2.45, 2.75) is 13.5 Å². The van der Waals surface area contributed by atoms with Crippen molar-refractivity contribution in [3.8, 4) is 0 Å². The number of hydrogen-bond donors (Lipinski definition) is 0. The lowest BCUT2D eigenvalue weighted by Crippen LogP contribution is -2.21. The molecule has 0 N–H and O–H groups in total. The van der Waals surface area contributed by atoms with Gasteiger partial charge < -0.3 is 4.52 Å². The van der Waals surface area contributed by atoms with Crippen LogP contribution in [0, 0.1) is 6.92 Å². The van der Waals surface area contributed by atoms with Crippen LogP contribution in [0.1, 0.15) is 11.5 Å². The summed E-state index contributed by atoms with van der Waals surface area (Å²) >= 11 is 3.36. The quantitative estimate of drug-likeness (QED) is 0.728. The van der Waals surface area contributed by atoms with Crippen molar-refractivity contribution in [3.05, 3.63) is 56.9 Å². The third-order valence-electron chi connectivity index (χ3n) is 2.80. The first-order valence-corrected chi connectivity index (χ1v) is 6.50. The number of nitrogens with zero attached hydrogens (tertiary/aromatic N) is 3. The molecule has 0 saturated carbocycles. The number of rotatable bonds is 2. The lowest BCUT2D eigenvalue weighted by Gasteiger charge is -2.04. The Labute approximate surface area is 117 Å². The maximum absolute atomic E-state index is 12.3. The summed E-state index contributed by atoms with van der Waals surface area (Å²) in [6.45, 7) is 2.17. The Morgan fingerprint density at radius 2 is 2.21 bits per heavy atom. The number of aromatic nitrogens is 3. The minimum Gasteiger partial charge on any atom is -0.361 e. The van der Waals surface area contributed by atoms with Gasteiger partial charge in [0.15, 0.2) is 0 Å². The monoisotopic (exact) mass is 319 g/mol. The second-order valence-electron chi connectivity index (χ2n) is 4.27. The molecule has 96 valence electrons. The van der Waals surface area contributed by atoms with E-state index in [-0.39, 0.29) is 5.56 Å². The Balaban J connectivity index is 2.08. The average Bonchev–Trinajstić information content (AvgIpc) is 2.78. The SMILES string of the molecule is Cc1cc(Cn2cnc3cc(Br)ccc3c2=O)no1. The van der Waals surface area contributed by atoms with E-state index in [4.69, 9.17) is 4.52 Å². The molecule has 0 amide bonds. The Morgan fingerprint density at radius 1 is 1.37 bits per heavy atom. The van der Waals surface area contributed by atoms with Crippen molar-refractivity contribution in [2.75, 3.05) is 0 Å². The summed E-state index contributed by atoms with van der Waals surface area (Å²) < 4.78 is 7.41. The molecular weight excluding hydrogens is 310 g/mol. The third-order valence-corrected chi connectivity index (χ3v) is 3.29. The Kier molecular flexibility index (Phi) is 2.94. The molecule has 3 rings (SSSR count). The fourth-order valence-corrected chi connectivity index (χ4v) is 2.26. The molecular formula is C13H10BrN3O2. The first-order chi connectivity index (χ1) is 9.13. The van der Waals surface area contributed by atoms with E-state index in [1.54, 1.807) is 12.1 Å². The Hall–Kier alpha value is -1.95. The molecule has 0 bridgehead atoms. The van der Waals surface area contributed by atoms with Gasteiger partial charge in [-0.3, -0.25) is 9.36 Å². The van der Waals surface area contributed by atoms with Gasteiger partial charge in [0.1, 0.15) is 11.5 Å². The van der Waals surface area contributed by atoms with E-state index in [0.29, 0.717) is 23.1 Å². The summed E-state index contributed by atoms with van der Waals surface area (Å²) in [5.41, 5.74) is 1.29. The first kappa shape index (κ1) is 12.1. The van der Waals surface area contributed by atoms with E-state index in [2.05, 4.69) is 26.1 Å². The van der Waals surface area contributed by atoms with E-state index >= 15 is 0 Å². The van der Waals surface area contributed by atoms with Crippen molar-refractivity contribution in [1.29, 1.82) is 0 Å². The molecule has 0 spiro atoms. The zero-order valence-electron chi connectivity index (χ0n) is 10.1. The van der Waals surface area contributed by atoms with Crippen LogP contribution in [0.25, 0.3) is 10.9 Å². The highest BCUT2D eigenvalue weighted by atomic mass is 79.9. The van der Waals surface area contributed by atoms with Crippen molar-refractivity contribution >= 4 is 26.8 Å². The van der Waals surface area contributed by atoms with Crippen molar-refractivity contribution in [3.63, 3.8) is 0 Å². The normalized spacial score (nSPS) is 11.1. The molecule has 0 unspecified atom stereocenters. The topological polar surface area (TPSA) is 60.9 Å². The molecule has 0 aliphatic rings. The van der Waals surface area contributed by atoms with Crippen LogP contribution in [-0.4, -0.2) is 14.7 Å². The number of halogens is 1. The van der Waals surface area contributed by atoms with Crippen LogP contribution < -0.4 is 5.56 Å². The van der Waals surface area contributed by atoms with Gasteiger partial charge in [0.05, 0.1) is 23.8 Å². The van der Waals surface area contributed by atoms with E-state index in [1.807, 2.05) is 19.1 Å². The second kappa shape index (κ2) is 4.62. The van der Waals surface area contributed by atoms with E-state index in [1.165, 1.54) is 10.9 Å². The standard InChI is InChI=1S/C13H10BrN3O2/c1-8-4-10(16-19-8)6-17-7-15-12-5-9(14)2-3-11(12)13(17)18/h2-5,7H,6H2,1H3. The zero-order chi connectivity index (χ0) is 13.4. The Bertz CT molecular complexity index is 807. The van der Waals surface area contributed by atoms with Crippen LogP contribution in [0.5, 0.6) is 0 Å². The molecule has 6 heteroatoms. The average molecular weight is 320 g/mol. The Morgan fingerprint density at radius 3 is 2.95 bits per heavy atom. The molecule has 1 aromatic carbocycles. The molecule has 19 heavy (non-hydrogen) atoms. The van der Waals surface area contributed by atoms with Gasteiger partial charge in [0.2, 0.25) is 0 Å². The molecule has 0 aliphatic heterocycles. The molecule has 0 atom stereocenters. The minimum absolute atomic E-state index is 0.0850. The molecule has 5 nitrogen and oxygen atoms in total. The van der Waals surface area contributed by atoms with E-state index in [9.17, 15) is 4.79 Å². The number of hydrogen-bond acceptors (Lipinski definition) is 4. The fraction of sp³-hybridized carbons (Fsp3) is 0.154. The van der Waals surface area contributed by atoms with Gasteiger partial charge >= 0.3 is 0 Å². The van der Waals surface area contributed by atoms with Crippen molar-refractivity contribution in [1.82, 2.24) is 14.7 Å². The van der Waals surface area contributed by atoms with Gasteiger partial charge in [0.25, 0.3) is 5.56 Å². The summed E-state index contributed by atoms with van der Waals surface area (Å²) in [5, 5.41) is 4.47. The van der Waals surface area contributed by atoms with Gasteiger partial charge in [-0.25, -0.2) is 4.98 Å². The largest absolute Gasteiger partial charge is 0.361 e. The van der Waals surface area contributed by atoms with Crippen LogP contribution in [0.3, 0.4) is 0 Å². The molecule has 2 heterocycles. The van der Waals surface area contributed by atoms with E-state index in [0.717, 1.165) is 10.2 Å². The zero-order valence-corrected chi connectivity index (χ0v) is 11.7. The minimum atomic E-state index is -0.0850. The predicted octanol–water partition coefficient (Wildman–Crippen LogP) is 2.50. The lowest BCUT2D eigenvalue weighted by molar-refractivity contribution is 0.388. The summed E-state index contributed by atoms with van der Waals surface area (Å²) in [6, 6.07) is 7.22. The third kappa shape index (κ3) is 2.31. The lowest BCUT2D eigenvalue weighted by atomic mass is 10.2. The molecule has 0 aliphatic carbocycles. The van der Waals surface area contributed by atoms with Crippen molar-refractivity contribution in [2.24, 2.45) is 0 Å². The molecule has 2 aromatic heterocycles. The summed E-state index contributed by atoms with van der Waals surface area (Å²) in [5.74, 6) is 0.723. The van der Waals surface area contributed by atoms with Crippen molar-refractivity contribution < 1.29 is 4.52 Å². The van der Waals surface area contributed by atoms with Gasteiger partial charge in [-0.2, -0.15) is 0 Å². The molecule has 3 aromatic rings. The van der Waals surface area contributed by atoms with Crippen LogP contribution in [0.15, 0.2) is 44.4 Å². The predicted molar refractivity (Wildman–Crippen MR) is 74.0 cm³/mol. The van der Waals surface area contributed by atoms with Gasteiger partial charge in [0, 0.05) is 10.5 Å². The van der Waals surface area contributed by atoms with E-state index < -0.39 is 0 Å². The fourth-order valence-electron chi connectivity index (χ4n) is 1.91. The van der Waals surface area contributed by atoms with Crippen LogP contribution in [-0.2, 0) is 6.54 Å². The number of fused-ring (bicyclic) bond motifs is 1. The van der Waals surface area contributed by atoms with Gasteiger partial charge in [-0.05, 0) is 25.1 Å². The summed E-state index contributed by atoms with van der Waals surface area (Å²) in [7, 11) is 0. The summed E-state index contributed by atoms with van der Waals surface area (Å²) in [4.78, 5) is 16.6. The second-order valence-corrected chi connectivity index (χ2v) is 5.18. The highest BCUT2D eigenvalue weighted by Gasteiger charge is 2.07.